The summed E-state index contributed by atoms with van der Waals surface area (Å²) >= 11 is 0. The maximum Gasteiger partial charge on any atom is 0.271 e. The third kappa shape index (κ3) is 4.95. The predicted molar refractivity (Wildman–Crippen MR) is 74.2 cm³/mol. The molecule has 6 nitrogen and oxygen atoms in total. The molecule has 1 rings (SSSR count). The Bertz CT molecular complexity index is 460. The fourth-order valence-corrected chi connectivity index (χ4v) is 1.58. The third-order valence-electron chi connectivity index (χ3n) is 2.67. The van der Waals surface area contributed by atoms with Crippen LogP contribution in [0.15, 0.2) is 18.2 Å². The van der Waals surface area contributed by atoms with Gasteiger partial charge in [-0.2, -0.15) is 0 Å². The fourth-order valence-electron chi connectivity index (χ4n) is 1.58. The Kier molecular flexibility index (Phi) is 5.78. The molecule has 6 heteroatoms. The Morgan fingerprint density at radius 1 is 1.37 bits per heavy atom. The predicted octanol–water partition coefficient (Wildman–Crippen LogP) is 2.23. The van der Waals surface area contributed by atoms with Crippen molar-refractivity contribution < 1.29 is 9.72 Å². The number of anilines is 1. The van der Waals surface area contributed by atoms with Crippen LogP contribution in [-0.4, -0.2) is 23.9 Å². The van der Waals surface area contributed by atoms with Gasteiger partial charge in [0.25, 0.3) is 5.69 Å². The molecule has 0 heterocycles. The number of nitro groups is 1. The molecule has 0 aliphatic carbocycles. The first kappa shape index (κ1) is 14.9. The van der Waals surface area contributed by atoms with Crippen LogP contribution in [0.2, 0.25) is 0 Å². The molecule has 0 atom stereocenters. The quantitative estimate of drug-likeness (QED) is 0.585. The van der Waals surface area contributed by atoms with Gasteiger partial charge in [-0.15, -0.1) is 0 Å². The largest absolute Gasteiger partial charge is 0.384 e. The van der Waals surface area contributed by atoms with Gasteiger partial charge in [0.15, 0.2) is 0 Å². The van der Waals surface area contributed by atoms with Gasteiger partial charge >= 0.3 is 0 Å². The van der Waals surface area contributed by atoms with E-state index >= 15 is 0 Å². The molecule has 0 unspecified atom stereocenters. The van der Waals surface area contributed by atoms with E-state index < -0.39 is 4.92 Å². The van der Waals surface area contributed by atoms with Crippen molar-refractivity contribution in [3.05, 3.63) is 33.9 Å². The zero-order valence-corrected chi connectivity index (χ0v) is 11.2. The summed E-state index contributed by atoms with van der Waals surface area (Å²) in [4.78, 5) is 21.6. The third-order valence-corrected chi connectivity index (χ3v) is 2.67. The normalized spacial score (nSPS) is 10.0. The fraction of sp³-hybridized carbons (Fsp3) is 0.462. The molecule has 2 N–H and O–H groups in total. The van der Waals surface area contributed by atoms with Crippen molar-refractivity contribution in [3.63, 3.8) is 0 Å². The second-order valence-electron chi connectivity index (χ2n) is 4.28. The number of hydrogen-bond donors (Lipinski definition) is 2. The highest BCUT2D eigenvalue weighted by Gasteiger charge is 2.08. The van der Waals surface area contributed by atoms with Crippen molar-refractivity contribution in [2.45, 2.75) is 26.7 Å². The van der Waals surface area contributed by atoms with Gasteiger partial charge in [-0.05, 0) is 18.9 Å². The average molecular weight is 265 g/mol. The van der Waals surface area contributed by atoms with Gasteiger partial charge in [-0.25, -0.2) is 0 Å². The molecule has 0 aliphatic heterocycles. The Hall–Kier alpha value is -2.11. The molecule has 0 aliphatic rings. The van der Waals surface area contributed by atoms with E-state index in [1.54, 1.807) is 6.07 Å². The summed E-state index contributed by atoms with van der Waals surface area (Å²) in [6, 6.07) is 4.64. The summed E-state index contributed by atoms with van der Waals surface area (Å²) in [5, 5.41) is 16.5. The molecular weight excluding hydrogens is 246 g/mol. The van der Waals surface area contributed by atoms with Gasteiger partial charge in [-0.3, -0.25) is 14.9 Å². The first-order valence-electron chi connectivity index (χ1n) is 6.30. The van der Waals surface area contributed by atoms with Crippen molar-refractivity contribution in [1.82, 2.24) is 5.32 Å². The van der Waals surface area contributed by atoms with Crippen LogP contribution in [0.25, 0.3) is 0 Å². The molecule has 1 amide bonds. The van der Waals surface area contributed by atoms with E-state index in [0.717, 1.165) is 12.0 Å². The lowest BCUT2D eigenvalue weighted by Gasteiger charge is -2.09. The molecule has 104 valence electrons. The van der Waals surface area contributed by atoms with Gasteiger partial charge < -0.3 is 10.6 Å². The Balaban J connectivity index is 2.51. The SMILES string of the molecule is CCCNC(=O)CCNc1cc([N+](=O)[O-])ccc1C. The highest BCUT2D eigenvalue weighted by atomic mass is 16.6. The summed E-state index contributed by atoms with van der Waals surface area (Å²) in [5.41, 5.74) is 1.65. The Morgan fingerprint density at radius 2 is 2.11 bits per heavy atom. The lowest BCUT2D eigenvalue weighted by Crippen LogP contribution is -2.25. The topological polar surface area (TPSA) is 84.3 Å². The number of carbonyl (C=O) groups is 1. The summed E-state index contributed by atoms with van der Waals surface area (Å²) < 4.78 is 0. The number of nitro benzene ring substituents is 1. The highest BCUT2D eigenvalue weighted by Crippen LogP contribution is 2.21. The lowest BCUT2D eigenvalue weighted by molar-refractivity contribution is -0.384. The number of aryl methyl sites for hydroxylation is 1. The first-order chi connectivity index (χ1) is 9.04. The van der Waals surface area contributed by atoms with Gasteiger partial charge in [-0.1, -0.05) is 13.0 Å². The number of hydrogen-bond acceptors (Lipinski definition) is 4. The standard InChI is InChI=1S/C13H19N3O3/c1-3-7-15-13(17)6-8-14-12-9-11(16(18)19)5-4-10(12)2/h4-5,9,14H,3,6-8H2,1-2H3,(H,15,17). The van der Waals surface area contributed by atoms with Crippen LogP contribution in [-0.2, 0) is 4.79 Å². The van der Waals surface area contributed by atoms with Crippen LogP contribution in [0.5, 0.6) is 0 Å². The molecular formula is C13H19N3O3. The van der Waals surface area contributed by atoms with E-state index in [9.17, 15) is 14.9 Å². The van der Waals surface area contributed by atoms with E-state index in [1.807, 2.05) is 13.8 Å². The van der Waals surface area contributed by atoms with E-state index in [4.69, 9.17) is 0 Å². The number of nitrogens with one attached hydrogen (secondary N) is 2. The molecule has 0 radical (unpaired) electrons. The number of carbonyl (C=O) groups excluding carboxylic acids is 1. The Morgan fingerprint density at radius 3 is 2.74 bits per heavy atom. The summed E-state index contributed by atoms with van der Waals surface area (Å²) in [7, 11) is 0. The smallest absolute Gasteiger partial charge is 0.271 e. The summed E-state index contributed by atoms with van der Waals surface area (Å²) in [6.07, 6.45) is 1.26. The molecule has 0 spiro atoms. The minimum atomic E-state index is -0.432. The minimum absolute atomic E-state index is 0.0163. The van der Waals surface area contributed by atoms with E-state index in [2.05, 4.69) is 10.6 Å². The number of rotatable bonds is 7. The lowest BCUT2D eigenvalue weighted by atomic mass is 10.2. The Labute approximate surface area is 112 Å². The van der Waals surface area contributed by atoms with E-state index in [1.165, 1.54) is 12.1 Å². The molecule has 1 aromatic rings. The number of amides is 1. The van der Waals surface area contributed by atoms with Gasteiger partial charge in [0.2, 0.25) is 5.91 Å². The van der Waals surface area contributed by atoms with Gasteiger partial charge in [0.05, 0.1) is 4.92 Å². The molecule has 0 saturated carbocycles. The summed E-state index contributed by atoms with van der Waals surface area (Å²) in [5.74, 6) is -0.0163. The molecule has 0 saturated heterocycles. The van der Waals surface area contributed by atoms with Crippen LogP contribution in [0.3, 0.4) is 0 Å². The number of benzene rings is 1. The molecule has 19 heavy (non-hydrogen) atoms. The maximum atomic E-state index is 11.4. The highest BCUT2D eigenvalue weighted by molar-refractivity contribution is 5.76. The van der Waals surface area contributed by atoms with Gasteiger partial charge in [0, 0.05) is 37.3 Å². The van der Waals surface area contributed by atoms with E-state index in [-0.39, 0.29) is 11.6 Å². The van der Waals surface area contributed by atoms with Crippen molar-refractivity contribution in [3.8, 4) is 0 Å². The first-order valence-corrected chi connectivity index (χ1v) is 6.30. The molecule has 0 bridgehead atoms. The van der Waals surface area contributed by atoms with Crippen LogP contribution in [0, 0.1) is 17.0 Å². The maximum absolute atomic E-state index is 11.4. The molecule has 0 aromatic heterocycles. The van der Waals surface area contributed by atoms with Crippen LogP contribution < -0.4 is 10.6 Å². The zero-order valence-electron chi connectivity index (χ0n) is 11.2. The van der Waals surface area contributed by atoms with Crippen LogP contribution >= 0.6 is 0 Å². The van der Waals surface area contributed by atoms with Crippen LogP contribution in [0.4, 0.5) is 11.4 Å². The second kappa shape index (κ2) is 7.35. The molecule has 0 fully saturated rings. The van der Waals surface area contributed by atoms with Crippen molar-refractivity contribution in [1.29, 1.82) is 0 Å². The van der Waals surface area contributed by atoms with Crippen LogP contribution in [0.1, 0.15) is 25.3 Å². The van der Waals surface area contributed by atoms with Crippen molar-refractivity contribution >= 4 is 17.3 Å². The monoisotopic (exact) mass is 265 g/mol. The van der Waals surface area contributed by atoms with E-state index in [0.29, 0.717) is 25.2 Å². The molecule has 1 aromatic carbocycles. The zero-order chi connectivity index (χ0) is 14.3. The minimum Gasteiger partial charge on any atom is -0.384 e. The second-order valence-corrected chi connectivity index (χ2v) is 4.28. The average Bonchev–Trinajstić information content (AvgIpc) is 2.38. The summed E-state index contributed by atoms with van der Waals surface area (Å²) in [6.45, 7) is 4.99. The number of non-ortho nitro benzene ring substituents is 1. The number of nitrogens with zero attached hydrogens (tertiary/aromatic N) is 1. The van der Waals surface area contributed by atoms with Gasteiger partial charge in [0.1, 0.15) is 0 Å². The van der Waals surface area contributed by atoms with Crippen molar-refractivity contribution in [2.24, 2.45) is 0 Å². The van der Waals surface area contributed by atoms with Crippen molar-refractivity contribution in [2.75, 3.05) is 18.4 Å².